The van der Waals surface area contributed by atoms with E-state index in [1.165, 1.54) is 6.07 Å². The van der Waals surface area contributed by atoms with Gasteiger partial charge in [0.25, 0.3) is 0 Å². The summed E-state index contributed by atoms with van der Waals surface area (Å²) in [6, 6.07) is 3.96. The average molecular weight is 308 g/mol. The van der Waals surface area contributed by atoms with E-state index in [4.69, 9.17) is 0 Å². The van der Waals surface area contributed by atoms with E-state index in [0.29, 0.717) is 6.54 Å². The SMILES string of the molecule is CC1(C)CC1C(=O)NC1CNCCC1c1ccc(F)c(F)c1. The number of carbonyl (C=O) groups is 1. The summed E-state index contributed by atoms with van der Waals surface area (Å²) in [5, 5.41) is 6.36. The maximum Gasteiger partial charge on any atom is 0.223 e. The van der Waals surface area contributed by atoms with Gasteiger partial charge in [-0.1, -0.05) is 19.9 Å². The fourth-order valence-electron chi connectivity index (χ4n) is 3.35. The van der Waals surface area contributed by atoms with Crippen LogP contribution in [0.4, 0.5) is 8.78 Å². The van der Waals surface area contributed by atoms with Gasteiger partial charge in [0.15, 0.2) is 11.6 Å². The molecule has 0 radical (unpaired) electrons. The van der Waals surface area contributed by atoms with E-state index in [0.717, 1.165) is 31.0 Å². The first-order valence-electron chi connectivity index (χ1n) is 7.84. The molecule has 1 aromatic rings. The van der Waals surface area contributed by atoms with Crippen LogP contribution in [-0.2, 0) is 4.79 Å². The van der Waals surface area contributed by atoms with Crippen molar-refractivity contribution in [3.8, 4) is 0 Å². The molecular formula is C17H22F2N2O. The third-order valence-corrected chi connectivity index (χ3v) is 5.01. The van der Waals surface area contributed by atoms with Gasteiger partial charge in [0.2, 0.25) is 5.91 Å². The highest BCUT2D eigenvalue weighted by Crippen LogP contribution is 2.51. The van der Waals surface area contributed by atoms with Crippen LogP contribution in [0, 0.1) is 23.0 Å². The summed E-state index contributed by atoms with van der Waals surface area (Å²) in [6.45, 7) is 5.64. The number of carbonyl (C=O) groups excluding carboxylic acids is 1. The summed E-state index contributed by atoms with van der Waals surface area (Å²) in [5.74, 6) is -1.50. The van der Waals surface area contributed by atoms with Crippen LogP contribution in [0.1, 0.15) is 38.2 Å². The summed E-state index contributed by atoms with van der Waals surface area (Å²) in [5.41, 5.74) is 0.838. The summed E-state index contributed by atoms with van der Waals surface area (Å²) >= 11 is 0. The Morgan fingerprint density at radius 2 is 2.05 bits per heavy atom. The summed E-state index contributed by atoms with van der Waals surface area (Å²) in [6.07, 6.45) is 1.71. The van der Waals surface area contributed by atoms with Crippen LogP contribution in [0.2, 0.25) is 0 Å². The molecule has 1 amide bonds. The summed E-state index contributed by atoms with van der Waals surface area (Å²) in [7, 11) is 0. The first-order valence-corrected chi connectivity index (χ1v) is 7.84. The zero-order valence-corrected chi connectivity index (χ0v) is 13.0. The fraction of sp³-hybridized carbons (Fsp3) is 0.588. The molecule has 1 saturated carbocycles. The maximum atomic E-state index is 13.5. The Labute approximate surface area is 129 Å². The van der Waals surface area contributed by atoms with Gasteiger partial charge in [0, 0.05) is 24.4 Å². The topological polar surface area (TPSA) is 41.1 Å². The van der Waals surface area contributed by atoms with Crippen molar-refractivity contribution < 1.29 is 13.6 Å². The fourth-order valence-corrected chi connectivity index (χ4v) is 3.35. The first kappa shape index (κ1) is 15.4. The molecule has 3 nitrogen and oxygen atoms in total. The van der Waals surface area contributed by atoms with Crippen molar-refractivity contribution in [3.63, 3.8) is 0 Å². The molecule has 1 aromatic carbocycles. The zero-order valence-electron chi connectivity index (χ0n) is 13.0. The Bertz CT molecular complexity index is 588. The molecule has 120 valence electrons. The van der Waals surface area contributed by atoms with Crippen LogP contribution >= 0.6 is 0 Å². The molecule has 2 fully saturated rings. The maximum absolute atomic E-state index is 13.5. The molecule has 0 bridgehead atoms. The van der Waals surface area contributed by atoms with E-state index in [1.54, 1.807) is 6.07 Å². The molecule has 0 aromatic heterocycles. The highest BCUT2D eigenvalue weighted by atomic mass is 19.2. The van der Waals surface area contributed by atoms with Gasteiger partial charge in [0.1, 0.15) is 0 Å². The highest BCUT2D eigenvalue weighted by Gasteiger charge is 2.51. The quantitative estimate of drug-likeness (QED) is 0.901. The van der Waals surface area contributed by atoms with Crippen molar-refractivity contribution in [1.29, 1.82) is 0 Å². The molecule has 5 heteroatoms. The molecule has 1 aliphatic heterocycles. The van der Waals surface area contributed by atoms with E-state index in [9.17, 15) is 13.6 Å². The lowest BCUT2D eigenvalue weighted by molar-refractivity contribution is -0.123. The van der Waals surface area contributed by atoms with Crippen molar-refractivity contribution in [2.24, 2.45) is 11.3 Å². The Kier molecular flexibility index (Phi) is 3.93. The van der Waals surface area contributed by atoms with Crippen LogP contribution in [0.15, 0.2) is 18.2 Å². The van der Waals surface area contributed by atoms with E-state index >= 15 is 0 Å². The van der Waals surface area contributed by atoms with Gasteiger partial charge in [-0.15, -0.1) is 0 Å². The van der Waals surface area contributed by atoms with E-state index in [1.807, 2.05) is 0 Å². The minimum atomic E-state index is -0.835. The van der Waals surface area contributed by atoms with E-state index in [-0.39, 0.29) is 29.2 Å². The van der Waals surface area contributed by atoms with Crippen molar-refractivity contribution in [3.05, 3.63) is 35.4 Å². The van der Waals surface area contributed by atoms with Gasteiger partial charge in [-0.25, -0.2) is 8.78 Å². The van der Waals surface area contributed by atoms with Gasteiger partial charge in [0.05, 0.1) is 0 Å². The number of rotatable bonds is 3. The molecule has 1 heterocycles. The minimum Gasteiger partial charge on any atom is -0.351 e. The van der Waals surface area contributed by atoms with Crippen LogP contribution in [0.25, 0.3) is 0 Å². The number of benzene rings is 1. The van der Waals surface area contributed by atoms with Gasteiger partial charge in [-0.05, 0) is 42.5 Å². The Hall–Kier alpha value is -1.49. The lowest BCUT2D eigenvalue weighted by atomic mass is 9.85. The molecule has 3 atom stereocenters. The lowest BCUT2D eigenvalue weighted by Crippen LogP contribution is -2.50. The average Bonchev–Trinajstić information content (AvgIpc) is 3.12. The molecule has 3 unspecified atom stereocenters. The predicted molar refractivity (Wildman–Crippen MR) is 80.4 cm³/mol. The Balaban J connectivity index is 1.73. The largest absolute Gasteiger partial charge is 0.351 e. The van der Waals surface area contributed by atoms with Crippen molar-refractivity contribution >= 4 is 5.91 Å². The lowest BCUT2D eigenvalue weighted by Gasteiger charge is -2.33. The monoisotopic (exact) mass is 308 g/mol. The van der Waals surface area contributed by atoms with E-state index in [2.05, 4.69) is 24.5 Å². The normalized spacial score (nSPS) is 29.9. The molecule has 2 N–H and O–H groups in total. The molecule has 3 rings (SSSR count). The number of halogens is 2. The Morgan fingerprint density at radius 3 is 2.68 bits per heavy atom. The van der Waals surface area contributed by atoms with Crippen LogP contribution in [0.5, 0.6) is 0 Å². The number of piperidine rings is 1. The third kappa shape index (κ3) is 3.00. The van der Waals surface area contributed by atoms with Crippen LogP contribution < -0.4 is 10.6 Å². The second-order valence-electron chi connectivity index (χ2n) is 7.13. The third-order valence-electron chi connectivity index (χ3n) is 5.01. The standard InChI is InChI=1S/C17H22F2N2O/c1-17(2)8-12(17)16(22)21-15-9-20-6-5-11(15)10-3-4-13(18)14(19)7-10/h3-4,7,11-12,15,20H,5-6,8-9H2,1-2H3,(H,21,22). The van der Waals surface area contributed by atoms with Gasteiger partial charge in [-0.3, -0.25) is 4.79 Å². The van der Waals surface area contributed by atoms with Gasteiger partial charge in [-0.2, -0.15) is 0 Å². The summed E-state index contributed by atoms with van der Waals surface area (Å²) < 4.78 is 26.6. The highest BCUT2D eigenvalue weighted by molar-refractivity contribution is 5.82. The number of hydrogen-bond donors (Lipinski definition) is 2. The molecule has 22 heavy (non-hydrogen) atoms. The number of hydrogen-bond acceptors (Lipinski definition) is 2. The molecule has 2 aliphatic rings. The van der Waals surface area contributed by atoms with Crippen molar-refractivity contribution in [2.45, 2.75) is 38.6 Å². The van der Waals surface area contributed by atoms with Gasteiger partial charge >= 0.3 is 0 Å². The minimum absolute atomic E-state index is 0.0159. The molecular weight excluding hydrogens is 286 g/mol. The van der Waals surface area contributed by atoms with Crippen LogP contribution in [-0.4, -0.2) is 25.0 Å². The first-order chi connectivity index (χ1) is 10.4. The molecule has 0 spiro atoms. The second-order valence-corrected chi connectivity index (χ2v) is 7.13. The number of nitrogens with one attached hydrogen (secondary N) is 2. The van der Waals surface area contributed by atoms with Gasteiger partial charge < -0.3 is 10.6 Å². The molecule has 1 saturated heterocycles. The Morgan fingerprint density at radius 1 is 1.32 bits per heavy atom. The second kappa shape index (κ2) is 5.61. The molecule has 1 aliphatic carbocycles. The zero-order chi connectivity index (χ0) is 15.9. The van der Waals surface area contributed by atoms with Crippen LogP contribution in [0.3, 0.4) is 0 Å². The predicted octanol–water partition coefficient (Wildman–Crippen LogP) is 2.57. The van der Waals surface area contributed by atoms with Crippen molar-refractivity contribution in [1.82, 2.24) is 10.6 Å². The smallest absolute Gasteiger partial charge is 0.223 e. The van der Waals surface area contributed by atoms with E-state index < -0.39 is 11.6 Å². The number of amides is 1. The van der Waals surface area contributed by atoms with Crippen molar-refractivity contribution in [2.75, 3.05) is 13.1 Å². The summed E-state index contributed by atoms with van der Waals surface area (Å²) in [4.78, 5) is 12.3.